The van der Waals surface area contributed by atoms with E-state index in [0.717, 1.165) is 17.1 Å². The van der Waals surface area contributed by atoms with Gasteiger partial charge in [0.25, 0.3) is 0 Å². The first-order chi connectivity index (χ1) is 10.1. The average molecular weight is 297 g/mol. The van der Waals surface area contributed by atoms with Crippen molar-refractivity contribution in [2.24, 2.45) is 0 Å². The third kappa shape index (κ3) is 5.91. The molecule has 21 heavy (non-hydrogen) atoms. The van der Waals surface area contributed by atoms with Gasteiger partial charge in [-0.3, -0.25) is 0 Å². The van der Waals surface area contributed by atoms with Crippen LogP contribution in [-0.2, 0) is 9.47 Å². The molecular weight excluding hydrogens is 270 g/mol. The van der Waals surface area contributed by atoms with Crippen LogP contribution in [0.3, 0.4) is 0 Å². The number of hydrogen-bond donors (Lipinski definition) is 1. The van der Waals surface area contributed by atoms with E-state index in [-0.39, 0.29) is 12.1 Å². The van der Waals surface area contributed by atoms with Crippen molar-refractivity contribution in [2.45, 2.75) is 26.0 Å². The summed E-state index contributed by atoms with van der Waals surface area (Å²) in [5, 5.41) is 3.24. The van der Waals surface area contributed by atoms with Gasteiger partial charge in [-0.25, -0.2) is 0 Å². The SMILES string of the molecule is CNC(COCCOC(C)C)c1ccc(OC)c(OC)c1. The molecule has 0 aromatic heterocycles. The molecule has 0 saturated carbocycles. The van der Waals surface area contributed by atoms with Gasteiger partial charge in [-0.1, -0.05) is 6.07 Å². The molecule has 1 N–H and O–H groups in total. The molecule has 0 aliphatic carbocycles. The number of ether oxygens (including phenoxy) is 4. The Bertz CT molecular complexity index is 409. The second-order valence-corrected chi connectivity index (χ2v) is 4.95. The van der Waals surface area contributed by atoms with Gasteiger partial charge >= 0.3 is 0 Å². The minimum Gasteiger partial charge on any atom is -0.493 e. The van der Waals surface area contributed by atoms with E-state index < -0.39 is 0 Å². The largest absolute Gasteiger partial charge is 0.493 e. The molecule has 0 bridgehead atoms. The van der Waals surface area contributed by atoms with Gasteiger partial charge in [-0.15, -0.1) is 0 Å². The van der Waals surface area contributed by atoms with Gasteiger partial charge < -0.3 is 24.3 Å². The topological polar surface area (TPSA) is 49.0 Å². The van der Waals surface area contributed by atoms with Crippen molar-refractivity contribution in [3.8, 4) is 11.5 Å². The van der Waals surface area contributed by atoms with Crippen LogP contribution in [0, 0.1) is 0 Å². The number of nitrogens with one attached hydrogen (secondary N) is 1. The van der Waals surface area contributed by atoms with Gasteiger partial charge in [0.05, 0.1) is 46.2 Å². The summed E-state index contributed by atoms with van der Waals surface area (Å²) in [4.78, 5) is 0. The van der Waals surface area contributed by atoms with Crippen molar-refractivity contribution in [1.29, 1.82) is 0 Å². The Morgan fingerprint density at radius 2 is 1.76 bits per heavy atom. The van der Waals surface area contributed by atoms with E-state index in [0.29, 0.717) is 19.8 Å². The first kappa shape index (κ1) is 17.8. The number of hydrogen-bond acceptors (Lipinski definition) is 5. The van der Waals surface area contributed by atoms with Crippen molar-refractivity contribution >= 4 is 0 Å². The molecule has 1 atom stereocenters. The fourth-order valence-electron chi connectivity index (χ4n) is 1.96. The van der Waals surface area contributed by atoms with E-state index in [1.54, 1.807) is 14.2 Å². The van der Waals surface area contributed by atoms with Crippen LogP contribution in [0.4, 0.5) is 0 Å². The van der Waals surface area contributed by atoms with Crippen LogP contribution in [0.25, 0.3) is 0 Å². The summed E-state index contributed by atoms with van der Waals surface area (Å²) >= 11 is 0. The van der Waals surface area contributed by atoms with Crippen molar-refractivity contribution in [3.05, 3.63) is 23.8 Å². The van der Waals surface area contributed by atoms with Gasteiger partial charge in [0.1, 0.15) is 0 Å². The van der Waals surface area contributed by atoms with E-state index in [4.69, 9.17) is 18.9 Å². The Morgan fingerprint density at radius 1 is 1.05 bits per heavy atom. The highest BCUT2D eigenvalue weighted by Gasteiger charge is 2.13. The summed E-state index contributed by atoms with van der Waals surface area (Å²) in [7, 11) is 5.18. The molecule has 0 spiro atoms. The molecule has 1 rings (SSSR count). The van der Waals surface area contributed by atoms with E-state index in [9.17, 15) is 0 Å². The molecule has 0 aliphatic heterocycles. The van der Waals surface area contributed by atoms with E-state index in [2.05, 4.69) is 5.32 Å². The number of benzene rings is 1. The van der Waals surface area contributed by atoms with Gasteiger partial charge in [-0.05, 0) is 38.6 Å². The first-order valence-electron chi connectivity index (χ1n) is 7.20. The molecule has 0 saturated heterocycles. The standard InChI is InChI=1S/C16H27NO4/c1-12(2)21-9-8-20-11-14(17-3)13-6-7-15(18-4)16(10-13)19-5/h6-7,10,12,14,17H,8-9,11H2,1-5H3. The van der Waals surface area contributed by atoms with Crippen LogP contribution in [0.2, 0.25) is 0 Å². The molecule has 5 nitrogen and oxygen atoms in total. The molecule has 0 radical (unpaired) electrons. The Balaban J connectivity index is 2.55. The summed E-state index contributed by atoms with van der Waals surface area (Å²) in [6.07, 6.45) is 0.236. The lowest BCUT2D eigenvalue weighted by atomic mass is 10.1. The summed E-state index contributed by atoms with van der Waals surface area (Å²) in [6, 6.07) is 5.98. The number of likely N-dealkylation sites (N-methyl/N-ethyl adjacent to an activating group) is 1. The van der Waals surface area contributed by atoms with Gasteiger partial charge in [0, 0.05) is 0 Å². The van der Waals surface area contributed by atoms with Gasteiger partial charge in [-0.2, -0.15) is 0 Å². The van der Waals surface area contributed by atoms with E-state index in [1.165, 1.54) is 0 Å². The predicted molar refractivity (Wildman–Crippen MR) is 83.3 cm³/mol. The summed E-state index contributed by atoms with van der Waals surface area (Å²) in [5.41, 5.74) is 1.10. The predicted octanol–water partition coefficient (Wildman–Crippen LogP) is 2.41. The monoisotopic (exact) mass is 297 g/mol. The lowest BCUT2D eigenvalue weighted by Gasteiger charge is -2.19. The fourth-order valence-corrected chi connectivity index (χ4v) is 1.96. The zero-order chi connectivity index (χ0) is 15.7. The van der Waals surface area contributed by atoms with Crippen molar-refractivity contribution in [2.75, 3.05) is 41.1 Å². The van der Waals surface area contributed by atoms with Gasteiger partial charge in [0.15, 0.2) is 11.5 Å². The highest BCUT2D eigenvalue weighted by Crippen LogP contribution is 2.29. The molecule has 0 heterocycles. The summed E-state index contributed by atoms with van der Waals surface area (Å²) < 4.78 is 21.7. The Kier molecular flexibility index (Phi) is 8.12. The minimum atomic E-state index is 0.101. The Morgan fingerprint density at radius 3 is 2.33 bits per heavy atom. The summed E-state index contributed by atoms with van der Waals surface area (Å²) in [5.74, 6) is 1.45. The molecule has 120 valence electrons. The minimum absolute atomic E-state index is 0.101. The number of rotatable bonds is 10. The van der Waals surface area contributed by atoms with Crippen LogP contribution >= 0.6 is 0 Å². The Hall–Kier alpha value is -1.30. The van der Waals surface area contributed by atoms with E-state index in [1.807, 2.05) is 39.1 Å². The van der Waals surface area contributed by atoms with Crippen LogP contribution in [0.1, 0.15) is 25.5 Å². The molecule has 1 aromatic rings. The molecule has 0 amide bonds. The normalized spacial score (nSPS) is 12.5. The maximum absolute atomic E-state index is 5.66. The average Bonchev–Trinajstić information content (AvgIpc) is 2.50. The Labute approximate surface area is 127 Å². The highest BCUT2D eigenvalue weighted by molar-refractivity contribution is 5.43. The maximum Gasteiger partial charge on any atom is 0.161 e. The summed E-state index contributed by atoms with van der Waals surface area (Å²) in [6.45, 7) is 5.80. The third-order valence-corrected chi connectivity index (χ3v) is 3.12. The molecule has 0 aliphatic rings. The zero-order valence-corrected chi connectivity index (χ0v) is 13.6. The van der Waals surface area contributed by atoms with Crippen LogP contribution in [-0.4, -0.2) is 47.2 Å². The zero-order valence-electron chi connectivity index (χ0n) is 13.6. The van der Waals surface area contributed by atoms with Gasteiger partial charge in [0.2, 0.25) is 0 Å². The van der Waals surface area contributed by atoms with Crippen molar-refractivity contribution in [1.82, 2.24) is 5.32 Å². The number of methoxy groups -OCH3 is 2. The van der Waals surface area contributed by atoms with Crippen LogP contribution in [0.15, 0.2) is 18.2 Å². The van der Waals surface area contributed by atoms with Crippen LogP contribution in [0.5, 0.6) is 11.5 Å². The second-order valence-electron chi connectivity index (χ2n) is 4.95. The fraction of sp³-hybridized carbons (Fsp3) is 0.625. The molecular formula is C16H27NO4. The molecule has 1 aromatic carbocycles. The van der Waals surface area contributed by atoms with Crippen molar-refractivity contribution < 1.29 is 18.9 Å². The molecule has 0 fully saturated rings. The quantitative estimate of drug-likeness (QED) is 0.672. The molecule has 1 unspecified atom stereocenters. The highest BCUT2D eigenvalue weighted by atomic mass is 16.5. The second kappa shape index (κ2) is 9.60. The third-order valence-electron chi connectivity index (χ3n) is 3.12. The van der Waals surface area contributed by atoms with Crippen LogP contribution < -0.4 is 14.8 Å². The van der Waals surface area contributed by atoms with E-state index >= 15 is 0 Å². The maximum atomic E-state index is 5.66. The lowest BCUT2D eigenvalue weighted by Crippen LogP contribution is -2.23. The molecule has 5 heteroatoms. The smallest absolute Gasteiger partial charge is 0.161 e. The lowest BCUT2D eigenvalue weighted by molar-refractivity contribution is 0.0142. The van der Waals surface area contributed by atoms with Crippen molar-refractivity contribution in [3.63, 3.8) is 0 Å². The first-order valence-corrected chi connectivity index (χ1v) is 7.20.